The maximum absolute atomic E-state index is 13.7. The highest BCUT2D eigenvalue weighted by molar-refractivity contribution is 6.33. The van der Waals surface area contributed by atoms with Gasteiger partial charge in [0.15, 0.2) is 11.4 Å². The van der Waals surface area contributed by atoms with Gasteiger partial charge in [-0.15, -0.1) is 0 Å². The molecule has 1 aliphatic heterocycles. The second-order valence-corrected chi connectivity index (χ2v) is 9.54. The van der Waals surface area contributed by atoms with Gasteiger partial charge in [0, 0.05) is 23.7 Å². The van der Waals surface area contributed by atoms with Crippen LogP contribution in [0.1, 0.15) is 65.5 Å². The van der Waals surface area contributed by atoms with E-state index in [1.807, 2.05) is 45.0 Å². The van der Waals surface area contributed by atoms with Crippen LogP contribution in [0.25, 0.3) is 0 Å². The van der Waals surface area contributed by atoms with Gasteiger partial charge in [0.2, 0.25) is 5.78 Å². The number of epoxide rings is 1. The van der Waals surface area contributed by atoms with Crippen molar-refractivity contribution in [2.45, 2.75) is 57.7 Å². The van der Waals surface area contributed by atoms with Crippen molar-refractivity contribution in [1.29, 1.82) is 0 Å². The monoisotopic (exact) mass is 462 g/mol. The maximum Gasteiger partial charge on any atom is 0.350 e. The summed E-state index contributed by atoms with van der Waals surface area (Å²) in [5.41, 5.74) is 5.69. The van der Waals surface area contributed by atoms with Gasteiger partial charge in [0.25, 0.3) is 5.60 Å². The van der Waals surface area contributed by atoms with Crippen molar-refractivity contribution in [2.75, 3.05) is 12.8 Å². The summed E-state index contributed by atoms with van der Waals surface area (Å²) in [7, 11) is 1.21. The van der Waals surface area contributed by atoms with E-state index >= 15 is 0 Å². The lowest BCUT2D eigenvalue weighted by Gasteiger charge is -2.25. The highest BCUT2D eigenvalue weighted by Gasteiger charge is 2.85. The number of nitrogen functional groups attached to an aromatic ring is 1. The fraction of sp³-hybridized carbons (Fsp3) is 0.407. The Labute approximate surface area is 199 Å². The Hall–Kier alpha value is -3.32. The van der Waals surface area contributed by atoms with Crippen molar-refractivity contribution in [3.63, 3.8) is 0 Å². The minimum absolute atomic E-state index is 0.116. The van der Waals surface area contributed by atoms with Gasteiger partial charge in [-0.3, -0.25) is 9.59 Å². The summed E-state index contributed by atoms with van der Waals surface area (Å²) in [6.45, 7) is 6.03. The number of methoxy groups -OCH3 is 1. The predicted molar refractivity (Wildman–Crippen MR) is 128 cm³/mol. The smallest absolute Gasteiger partial charge is 0.350 e. The molecule has 7 heteroatoms. The third-order valence-electron chi connectivity index (χ3n) is 6.66. The van der Waals surface area contributed by atoms with E-state index in [1.54, 1.807) is 18.3 Å². The lowest BCUT2D eigenvalue weighted by molar-refractivity contribution is -0.145. The number of carbonyl (C=O) groups excluding carboxylic acids is 3. The van der Waals surface area contributed by atoms with Crippen LogP contribution < -0.4 is 5.73 Å². The van der Waals surface area contributed by atoms with E-state index in [0.717, 1.165) is 29.5 Å². The molecule has 0 amide bonds. The maximum atomic E-state index is 13.7. The van der Waals surface area contributed by atoms with E-state index < -0.39 is 23.0 Å². The largest absolute Gasteiger partial charge is 0.466 e. The number of hydrogen-bond acceptors (Lipinski definition) is 7. The van der Waals surface area contributed by atoms with E-state index in [9.17, 15) is 14.4 Å². The molecule has 2 aromatic rings. The molecule has 1 saturated heterocycles. The van der Waals surface area contributed by atoms with Crippen LogP contribution in [-0.4, -0.2) is 40.8 Å². The van der Waals surface area contributed by atoms with Gasteiger partial charge in [-0.1, -0.05) is 43.7 Å². The summed E-state index contributed by atoms with van der Waals surface area (Å²) >= 11 is 0. The molecule has 0 saturated carbocycles. The molecular weight excluding hydrogens is 432 g/mol. The average molecular weight is 463 g/mol. The third kappa shape index (κ3) is 3.74. The van der Waals surface area contributed by atoms with Gasteiger partial charge < -0.3 is 15.2 Å². The molecule has 1 aromatic heterocycles. The first-order valence-electron chi connectivity index (χ1n) is 11.5. The molecule has 1 fully saturated rings. The number of nitrogens with two attached hydrogens (primary N) is 1. The van der Waals surface area contributed by atoms with E-state index in [0.29, 0.717) is 17.8 Å². The Kier molecular flexibility index (Phi) is 6.16. The molecule has 1 aliphatic carbocycles. The van der Waals surface area contributed by atoms with Gasteiger partial charge >= 0.3 is 5.97 Å². The van der Waals surface area contributed by atoms with E-state index in [1.165, 1.54) is 7.11 Å². The molecule has 2 aliphatic rings. The molecule has 1 aromatic carbocycles. The zero-order valence-corrected chi connectivity index (χ0v) is 20.0. The van der Waals surface area contributed by atoms with Crippen molar-refractivity contribution in [2.24, 2.45) is 5.92 Å². The lowest BCUT2D eigenvalue weighted by atomic mass is 9.70. The van der Waals surface area contributed by atoms with Crippen LogP contribution in [0.5, 0.6) is 0 Å². The van der Waals surface area contributed by atoms with Gasteiger partial charge in [-0.25, -0.2) is 9.78 Å². The summed E-state index contributed by atoms with van der Waals surface area (Å²) in [4.78, 5) is 44.3. The summed E-state index contributed by atoms with van der Waals surface area (Å²) < 4.78 is 10.8. The number of ketones is 2. The van der Waals surface area contributed by atoms with Crippen LogP contribution in [0.4, 0.5) is 5.82 Å². The Morgan fingerprint density at radius 2 is 2.00 bits per heavy atom. The molecule has 0 spiro atoms. The normalized spacial score (nSPS) is 23.5. The first-order valence-corrected chi connectivity index (χ1v) is 11.5. The number of rotatable bonds is 8. The van der Waals surface area contributed by atoms with Gasteiger partial charge in [-0.05, 0) is 55.4 Å². The minimum Gasteiger partial charge on any atom is -0.466 e. The standard InChI is InChI=1S/C27H30N2O5/c1-16(2)14-19-6-5-7-20-22(19)24(31)27(25(32)33-4)26(34-27,23(20)30)12-10-17(3)8-9-18-11-13-29-21(28)15-18/h5-7,10-11,13,15-16H,8-9,12,14H2,1-4H3,(H2,28,29)/b17-10+/t26-,27-/m0/s1. The van der Waals surface area contributed by atoms with Crippen LogP contribution in [0, 0.1) is 5.92 Å². The Bertz CT molecular complexity index is 1200. The molecule has 4 rings (SSSR count). The summed E-state index contributed by atoms with van der Waals surface area (Å²) in [5.74, 6) is -0.910. The number of Topliss-reactive ketones (excluding diaryl/α,β-unsaturated/α-hetero) is 2. The number of carbonyl (C=O) groups is 3. The topological polar surface area (TPSA) is 112 Å². The molecule has 2 atom stereocenters. The van der Waals surface area contributed by atoms with Crippen LogP contribution in [-0.2, 0) is 27.1 Å². The number of ether oxygens (including phenoxy) is 2. The van der Waals surface area contributed by atoms with Crippen molar-refractivity contribution in [1.82, 2.24) is 4.98 Å². The highest BCUT2D eigenvalue weighted by atomic mass is 16.7. The van der Waals surface area contributed by atoms with Crippen molar-refractivity contribution in [3.8, 4) is 0 Å². The van der Waals surface area contributed by atoms with E-state index in [2.05, 4.69) is 4.98 Å². The number of esters is 1. The zero-order chi connectivity index (χ0) is 24.7. The van der Waals surface area contributed by atoms with Crippen molar-refractivity contribution < 1.29 is 23.9 Å². The molecule has 2 heterocycles. The number of aromatic nitrogens is 1. The molecule has 0 unspecified atom stereocenters. The first-order chi connectivity index (χ1) is 16.2. The summed E-state index contributed by atoms with van der Waals surface area (Å²) in [6, 6.07) is 9.00. The van der Waals surface area contributed by atoms with E-state index in [4.69, 9.17) is 15.2 Å². The van der Waals surface area contributed by atoms with E-state index in [-0.39, 0.29) is 23.7 Å². The Morgan fingerprint density at radius 1 is 1.24 bits per heavy atom. The average Bonchev–Trinajstić information content (AvgIpc) is 3.51. The molecule has 34 heavy (non-hydrogen) atoms. The number of aryl methyl sites for hydroxylation is 1. The SMILES string of the molecule is COC(=O)[C@]12O[C@@]1(C/C=C(\C)CCc1ccnc(N)c1)C(=O)c1cccc(CC(C)C)c1C2=O. The number of fused-ring (bicyclic) bond motifs is 2. The molecule has 178 valence electrons. The van der Waals surface area contributed by atoms with Crippen LogP contribution >= 0.6 is 0 Å². The number of hydrogen-bond donors (Lipinski definition) is 1. The highest BCUT2D eigenvalue weighted by Crippen LogP contribution is 2.59. The number of allylic oxidation sites excluding steroid dienone is 1. The molecule has 0 bridgehead atoms. The zero-order valence-electron chi connectivity index (χ0n) is 20.0. The van der Waals surface area contributed by atoms with Crippen molar-refractivity contribution in [3.05, 3.63) is 70.4 Å². The van der Waals surface area contributed by atoms with Crippen molar-refractivity contribution >= 4 is 23.4 Å². The number of nitrogens with zero attached hydrogens (tertiary/aromatic N) is 1. The molecule has 0 radical (unpaired) electrons. The van der Waals surface area contributed by atoms with Crippen LogP contribution in [0.15, 0.2) is 48.2 Å². The second kappa shape index (κ2) is 8.80. The minimum atomic E-state index is -1.92. The summed E-state index contributed by atoms with van der Waals surface area (Å²) in [6.07, 6.45) is 5.75. The number of anilines is 1. The fourth-order valence-electron chi connectivity index (χ4n) is 4.87. The molecule has 2 N–H and O–H groups in total. The third-order valence-corrected chi connectivity index (χ3v) is 6.66. The second-order valence-electron chi connectivity index (χ2n) is 9.54. The Balaban J connectivity index is 1.65. The Morgan fingerprint density at radius 3 is 2.68 bits per heavy atom. The quantitative estimate of drug-likeness (QED) is 0.274. The van der Waals surface area contributed by atoms with Crippen LogP contribution in [0.3, 0.4) is 0 Å². The lowest BCUT2D eigenvalue weighted by Crippen LogP contribution is -2.50. The van der Waals surface area contributed by atoms with Crippen LogP contribution in [0.2, 0.25) is 0 Å². The summed E-state index contributed by atoms with van der Waals surface area (Å²) in [5, 5.41) is 0. The molecular formula is C27H30N2O5. The van der Waals surface area contributed by atoms with Gasteiger partial charge in [0.1, 0.15) is 5.82 Å². The van der Waals surface area contributed by atoms with Gasteiger partial charge in [-0.2, -0.15) is 0 Å². The number of pyridine rings is 1. The first kappa shape index (κ1) is 23.8. The predicted octanol–water partition coefficient (Wildman–Crippen LogP) is 3.89. The molecule has 7 nitrogen and oxygen atoms in total. The fourth-order valence-corrected chi connectivity index (χ4v) is 4.87. The number of benzene rings is 1. The van der Waals surface area contributed by atoms with Gasteiger partial charge in [0.05, 0.1) is 7.11 Å².